The number of anilines is 2. The van der Waals surface area contributed by atoms with E-state index in [4.69, 9.17) is 4.42 Å². The number of fused-ring (bicyclic) bond motifs is 3. The number of carbonyl (C=O) groups is 1. The van der Waals surface area contributed by atoms with Gasteiger partial charge in [-0.1, -0.05) is 61.5 Å². The smallest absolute Gasteiger partial charge is 0.261 e. The van der Waals surface area contributed by atoms with E-state index >= 15 is 0 Å². The molecule has 0 radical (unpaired) electrons. The van der Waals surface area contributed by atoms with Crippen LogP contribution in [-0.2, 0) is 16.4 Å². The van der Waals surface area contributed by atoms with Gasteiger partial charge in [0.1, 0.15) is 11.3 Å². The largest absolute Gasteiger partial charge is 0.460 e. The Labute approximate surface area is 203 Å². The second-order valence-corrected chi connectivity index (χ2v) is 9.99. The van der Waals surface area contributed by atoms with E-state index in [0.29, 0.717) is 44.4 Å². The van der Waals surface area contributed by atoms with Crippen molar-refractivity contribution in [2.24, 2.45) is 0 Å². The molecule has 1 aromatic heterocycles. The highest BCUT2D eigenvalue weighted by molar-refractivity contribution is 7.92. The fourth-order valence-corrected chi connectivity index (χ4v) is 5.30. The Bertz CT molecular complexity index is 1650. The molecule has 0 saturated heterocycles. The average molecular weight is 485 g/mol. The van der Waals surface area contributed by atoms with E-state index in [-0.39, 0.29) is 10.8 Å². The highest BCUT2D eigenvalue weighted by Gasteiger charge is 2.23. The number of nitrogens with one attached hydrogen (secondary N) is 2. The fraction of sp³-hybridized carbons (Fsp3) is 0.107. The van der Waals surface area contributed by atoms with Gasteiger partial charge in [0, 0.05) is 21.8 Å². The first-order chi connectivity index (χ1) is 16.9. The number of hydrogen-bond donors (Lipinski definition) is 2. The molecule has 2 N–H and O–H groups in total. The summed E-state index contributed by atoms with van der Waals surface area (Å²) < 4.78 is 35.2. The Hall–Kier alpha value is -4.10. The summed E-state index contributed by atoms with van der Waals surface area (Å²) in [7, 11) is -3.85. The summed E-state index contributed by atoms with van der Waals surface area (Å²) in [6.45, 7) is 3.75. The van der Waals surface area contributed by atoms with Crippen molar-refractivity contribution in [2.75, 3.05) is 10.0 Å². The topological polar surface area (TPSA) is 88.4 Å². The summed E-state index contributed by atoms with van der Waals surface area (Å²) in [5.41, 5.74) is 2.98. The fourth-order valence-electron chi connectivity index (χ4n) is 4.23. The van der Waals surface area contributed by atoms with Crippen molar-refractivity contribution in [3.8, 4) is 0 Å². The van der Waals surface area contributed by atoms with Crippen LogP contribution < -0.4 is 10.0 Å². The quantitative estimate of drug-likeness (QED) is 0.288. The predicted octanol–water partition coefficient (Wildman–Crippen LogP) is 6.51. The van der Waals surface area contributed by atoms with E-state index in [1.165, 1.54) is 0 Å². The van der Waals surface area contributed by atoms with E-state index in [1.807, 2.05) is 49.4 Å². The third kappa shape index (κ3) is 4.26. The van der Waals surface area contributed by atoms with Crippen LogP contribution in [0.2, 0.25) is 0 Å². The summed E-state index contributed by atoms with van der Waals surface area (Å²) in [4.78, 5) is 13.4. The molecule has 35 heavy (non-hydrogen) atoms. The molecule has 0 saturated carbocycles. The van der Waals surface area contributed by atoms with Crippen LogP contribution in [0.15, 0.2) is 94.2 Å². The van der Waals surface area contributed by atoms with E-state index in [1.54, 1.807) is 49.4 Å². The molecule has 0 fully saturated rings. The Kier molecular flexibility index (Phi) is 5.78. The third-order valence-corrected chi connectivity index (χ3v) is 7.40. The monoisotopic (exact) mass is 484 g/mol. The summed E-state index contributed by atoms with van der Waals surface area (Å²) in [5.74, 6) is 0.125. The molecule has 5 aromatic rings. The zero-order valence-corrected chi connectivity index (χ0v) is 20.1. The molecule has 0 unspecified atom stereocenters. The first-order valence-corrected chi connectivity index (χ1v) is 12.8. The molecule has 1 heterocycles. The number of amides is 1. The predicted molar refractivity (Wildman–Crippen MR) is 139 cm³/mol. The molecule has 1 amide bonds. The summed E-state index contributed by atoms with van der Waals surface area (Å²) >= 11 is 0. The third-order valence-electron chi connectivity index (χ3n) is 6.02. The summed E-state index contributed by atoms with van der Waals surface area (Å²) in [6.07, 6.45) is 0.822. The van der Waals surface area contributed by atoms with Crippen LogP contribution >= 0.6 is 0 Å². The maximum absolute atomic E-state index is 13.2. The minimum Gasteiger partial charge on any atom is -0.460 e. The van der Waals surface area contributed by atoms with E-state index < -0.39 is 10.0 Å². The Morgan fingerprint density at radius 1 is 0.857 bits per heavy atom. The normalized spacial score (nSPS) is 11.6. The van der Waals surface area contributed by atoms with Crippen LogP contribution in [0, 0.1) is 6.92 Å². The molecule has 0 atom stereocenters. The molecule has 5 rings (SSSR count). The van der Waals surface area contributed by atoms with Gasteiger partial charge in [-0.05, 0) is 49.2 Å². The van der Waals surface area contributed by atoms with Gasteiger partial charge in [-0.15, -0.1) is 0 Å². The van der Waals surface area contributed by atoms with Crippen LogP contribution in [0.5, 0.6) is 0 Å². The molecule has 6 nitrogen and oxygen atoms in total. The maximum atomic E-state index is 13.2. The van der Waals surface area contributed by atoms with Crippen molar-refractivity contribution >= 4 is 49.0 Å². The minimum atomic E-state index is -3.85. The van der Waals surface area contributed by atoms with Gasteiger partial charge < -0.3 is 9.73 Å². The molecule has 0 aliphatic rings. The molecule has 7 heteroatoms. The molecule has 4 aromatic carbocycles. The van der Waals surface area contributed by atoms with Crippen molar-refractivity contribution in [2.45, 2.75) is 25.2 Å². The Balaban J connectivity index is 1.63. The van der Waals surface area contributed by atoms with Gasteiger partial charge in [0.05, 0.1) is 16.1 Å². The van der Waals surface area contributed by atoms with Gasteiger partial charge in [0.25, 0.3) is 15.9 Å². The number of aryl methyl sites for hydroxylation is 2. The second-order valence-electron chi connectivity index (χ2n) is 8.30. The van der Waals surface area contributed by atoms with Gasteiger partial charge in [0.2, 0.25) is 0 Å². The number of sulfonamides is 1. The van der Waals surface area contributed by atoms with Gasteiger partial charge in [0.15, 0.2) is 0 Å². The molecule has 0 spiro atoms. The lowest BCUT2D eigenvalue weighted by Gasteiger charge is -2.12. The van der Waals surface area contributed by atoms with E-state index in [0.717, 1.165) is 12.0 Å². The minimum absolute atomic E-state index is 0.171. The van der Waals surface area contributed by atoms with Crippen LogP contribution in [0.4, 0.5) is 11.4 Å². The van der Waals surface area contributed by atoms with Gasteiger partial charge in [-0.2, -0.15) is 0 Å². The highest BCUT2D eigenvalue weighted by atomic mass is 32.2. The first-order valence-electron chi connectivity index (χ1n) is 11.3. The molecule has 0 aliphatic carbocycles. The maximum Gasteiger partial charge on any atom is 0.261 e. The molecule has 176 valence electrons. The van der Waals surface area contributed by atoms with Gasteiger partial charge >= 0.3 is 0 Å². The summed E-state index contributed by atoms with van der Waals surface area (Å²) in [5, 5.41) is 4.82. The Morgan fingerprint density at radius 3 is 2.20 bits per heavy atom. The Morgan fingerprint density at radius 2 is 1.51 bits per heavy atom. The number of hydrogen-bond acceptors (Lipinski definition) is 4. The molecular formula is C28H24N2O4S. The lowest BCUT2D eigenvalue weighted by atomic mass is 10.0. The molecule has 0 aliphatic heterocycles. The van der Waals surface area contributed by atoms with Gasteiger partial charge in [-0.25, -0.2) is 8.42 Å². The van der Waals surface area contributed by atoms with Crippen molar-refractivity contribution < 1.29 is 17.6 Å². The number of carbonyl (C=O) groups excluding carboxylic acids is 1. The second kappa shape index (κ2) is 8.92. The van der Waals surface area contributed by atoms with Crippen molar-refractivity contribution in [3.63, 3.8) is 0 Å². The zero-order chi connectivity index (χ0) is 24.6. The highest BCUT2D eigenvalue weighted by Crippen LogP contribution is 2.37. The van der Waals surface area contributed by atoms with Crippen LogP contribution in [-0.4, -0.2) is 14.3 Å². The first kappa shape index (κ1) is 22.7. The van der Waals surface area contributed by atoms with Crippen LogP contribution in [0.3, 0.4) is 0 Å². The lowest BCUT2D eigenvalue weighted by molar-refractivity contribution is 0.102. The average Bonchev–Trinajstić information content (AvgIpc) is 3.20. The summed E-state index contributed by atoms with van der Waals surface area (Å²) in [6, 6.07) is 25.0. The zero-order valence-electron chi connectivity index (χ0n) is 19.3. The van der Waals surface area contributed by atoms with E-state index in [9.17, 15) is 13.2 Å². The van der Waals surface area contributed by atoms with Crippen LogP contribution in [0.1, 0.15) is 28.6 Å². The van der Waals surface area contributed by atoms with E-state index in [2.05, 4.69) is 10.0 Å². The molecule has 0 bridgehead atoms. The number of para-hydroxylation sites is 1. The number of furan rings is 1. The van der Waals surface area contributed by atoms with Gasteiger partial charge in [-0.3, -0.25) is 9.52 Å². The lowest BCUT2D eigenvalue weighted by Crippen LogP contribution is -2.14. The van der Waals surface area contributed by atoms with Crippen molar-refractivity contribution in [1.82, 2.24) is 0 Å². The SMILES string of the molecule is CCc1ccc(S(=O)(=O)Nc2cc3c(C(=O)Nc4ccccc4)c(C)oc3c3ccccc23)cc1. The van der Waals surface area contributed by atoms with Crippen LogP contribution in [0.25, 0.3) is 21.7 Å². The standard InChI is InChI=1S/C28H24N2O4S/c1-3-19-13-15-21(16-14-19)35(32,33)30-25-17-24-26(28(31)29-20-9-5-4-6-10-20)18(2)34-27(24)23-12-8-7-11-22(23)25/h4-17,30H,3H2,1-2H3,(H,29,31). The number of rotatable bonds is 6. The van der Waals surface area contributed by atoms with Crippen molar-refractivity contribution in [3.05, 3.63) is 102 Å². The molecular weight excluding hydrogens is 460 g/mol. The van der Waals surface area contributed by atoms with Crippen molar-refractivity contribution in [1.29, 1.82) is 0 Å². The number of benzene rings is 4.